The number of rotatable bonds is 5. The molecule has 0 amide bonds. The Morgan fingerprint density at radius 1 is 1.67 bits per heavy atom. The van der Waals surface area contributed by atoms with Crippen molar-refractivity contribution in [2.24, 2.45) is 11.7 Å². The molecular weight excluding hydrogens is 154 g/mol. The van der Waals surface area contributed by atoms with Gasteiger partial charge in [0.2, 0.25) is 0 Å². The lowest BCUT2D eigenvalue weighted by atomic mass is 9.96. The van der Waals surface area contributed by atoms with E-state index in [0.717, 1.165) is 39.1 Å². The number of methoxy groups -OCH3 is 1. The monoisotopic (exact) mass is 173 g/mol. The van der Waals surface area contributed by atoms with Gasteiger partial charge in [0.05, 0.1) is 6.61 Å². The van der Waals surface area contributed by atoms with Gasteiger partial charge >= 0.3 is 0 Å². The van der Waals surface area contributed by atoms with Crippen molar-refractivity contribution in [1.29, 1.82) is 0 Å². The lowest BCUT2D eigenvalue weighted by Gasteiger charge is -2.16. The molecule has 1 aliphatic rings. The second-order valence-electron chi connectivity index (χ2n) is 3.42. The number of ether oxygens (including phenoxy) is 2. The third kappa shape index (κ3) is 3.09. The molecule has 2 atom stereocenters. The molecule has 1 saturated heterocycles. The van der Waals surface area contributed by atoms with Crippen LogP contribution >= 0.6 is 0 Å². The molecule has 3 nitrogen and oxygen atoms in total. The first-order valence-electron chi connectivity index (χ1n) is 4.67. The summed E-state index contributed by atoms with van der Waals surface area (Å²) in [5.74, 6) is 0.585. The Balaban J connectivity index is 2.05. The van der Waals surface area contributed by atoms with Crippen LogP contribution in [0.15, 0.2) is 0 Å². The van der Waals surface area contributed by atoms with Gasteiger partial charge < -0.3 is 15.2 Å². The molecular formula is C9H19NO2. The van der Waals surface area contributed by atoms with E-state index in [1.165, 1.54) is 0 Å². The lowest BCUT2D eigenvalue weighted by molar-refractivity contribution is 0.171. The average Bonchev–Trinajstić information content (AvgIpc) is 2.56. The van der Waals surface area contributed by atoms with Crippen LogP contribution in [0.3, 0.4) is 0 Å². The highest BCUT2D eigenvalue weighted by Gasteiger charge is 2.21. The van der Waals surface area contributed by atoms with Gasteiger partial charge in [0.25, 0.3) is 0 Å². The summed E-state index contributed by atoms with van der Waals surface area (Å²) in [6.45, 7) is 2.57. The van der Waals surface area contributed by atoms with Crippen molar-refractivity contribution in [1.82, 2.24) is 0 Å². The van der Waals surface area contributed by atoms with E-state index in [2.05, 4.69) is 0 Å². The molecule has 0 bridgehead atoms. The summed E-state index contributed by atoms with van der Waals surface area (Å²) in [5.41, 5.74) is 5.98. The average molecular weight is 173 g/mol. The van der Waals surface area contributed by atoms with Gasteiger partial charge in [-0.2, -0.15) is 0 Å². The highest BCUT2D eigenvalue weighted by molar-refractivity contribution is 4.75. The summed E-state index contributed by atoms with van der Waals surface area (Å²) in [5, 5.41) is 0. The van der Waals surface area contributed by atoms with Crippen LogP contribution in [0, 0.1) is 5.92 Å². The van der Waals surface area contributed by atoms with Gasteiger partial charge in [-0.25, -0.2) is 0 Å². The second kappa shape index (κ2) is 5.51. The van der Waals surface area contributed by atoms with Crippen molar-refractivity contribution < 1.29 is 9.47 Å². The maximum atomic E-state index is 5.98. The Morgan fingerprint density at radius 2 is 2.50 bits per heavy atom. The highest BCUT2D eigenvalue weighted by atomic mass is 16.5. The van der Waals surface area contributed by atoms with Crippen molar-refractivity contribution in [3.8, 4) is 0 Å². The molecule has 12 heavy (non-hydrogen) atoms. The van der Waals surface area contributed by atoms with Crippen LogP contribution in [-0.4, -0.2) is 33.0 Å². The Morgan fingerprint density at radius 3 is 3.08 bits per heavy atom. The van der Waals surface area contributed by atoms with Gasteiger partial charge in [0.1, 0.15) is 0 Å². The first-order valence-corrected chi connectivity index (χ1v) is 4.67. The van der Waals surface area contributed by atoms with Crippen LogP contribution in [0.4, 0.5) is 0 Å². The molecule has 1 fully saturated rings. The number of nitrogens with two attached hydrogens (primary N) is 1. The van der Waals surface area contributed by atoms with Crippen LogP contribution in [0.1, 0.15) is 19.3 Å². The number of hydrogen-bond donors (Lipinski definition) is 1. The van der Waals surface area contributed by atoms with E-state index in [9.17, 15) is 0 Å². The fourth-order valence-corrected chi connectivity index (χ4v) is 1.59. The van der Waals surface area contributed by atoms with Crippen LogP contribution in [-0.2, 0) is 9.47 Å². The standard InChI is InChI=1S/C9H19NO2/c1-11-5-2-3-9(10)8-4-6-12-7-8/h8-9H,2-7,10H2,1H3. The zero-order valence-corrected chi connectivity index (χ0v) is 7.79. The minimum absolute atomic E-state index is 0.308. The summed E-state index contributed by atoms with van der Waals surface area (Å²) in [6.07, 6.45) is 3.25. The Bertz CT molecular complexity index is 113. The maximum absolute atomic E-state index is 5.98. The van der Waals surface area contributed by atoms with Crippen LogP contribution in [0.25, 0.3) is 0 Å². The summed E-state index contributed by atoms with van der Waals surface area (Å²) in [4.78, 5) is 0. The zero-order chi connectivity index (χ0) is 8.81. The maximum Gasteiger partial charge on any atom is 0.0509 e. The summed E-state index contributed by atoms with van der Waals surface area (Å²) in [6, 6.07) is 0.308. The van der Waals surface area contributed by atoms with Gasteiger partial charge in [-0.15, -0.1) is 0 Å². The summed E-state index contributed by atoms with van der Waals surface area (Å²) in [7, 11) is 1.73. The topological polar surface area (TPSA) is 44.5 Å². The van der Waals surface area contributed by atoms with Gasteiger partial charge in [-0.1, -0.05) is 0 Å². The van der Waals surface area contributed by atoms with Crippen molar-refractivity contribution >= 4 is 0 Å². The molecule has 2 unspecified atom stereocenters. The molecule has 1 heterocycles. The van der Waals surface area contributed by atoms with E-state index in [0.29, 0.717) is 12.0 Å². The van der Waals surface area contributed by atoms with Crippen molar-refractivity contribution in [2.45, 2.75) is 25.3 Å². The van der Waals surface area contributed by atoms with E-state index >= 15 is 0 Å². The molecule has 0 aromatic heterocycles. The lowest BCUT2D eigenvalue weighted by Crippen LogP contribution is -2.30. The molecule has 72 valence electrons. The normalized spacial score (nSPS) is 26.0. The predicted octanol–water partition coefficient (Wildman–Crippen LogP) is 0.777. The minimum Gasteiger partial charge on any atom is -0.385 e. The van der Waals surface area contributed by atoms with Gasteiger partial charge in [-0.3, -0.25) is 0 Å². The molecule has 0 spiro atoms. The summed E-state index contributed by atoms with van der Waals surface area (Å²) < 4.78 is 10.2. The fraction of sp³-hybridized carbons (Fsp3) is 1.00. The first kappa shape index (κ1) is 9.96. The molecule has 1 aliphatic heterocycles. The Labute approximate surface area is 74.2 Å². The van der Waals surface area contributed by atoms with Crippen LogP contribution < -0.4 is 5.73 Å². The quantitative estimate of drug-likeness (QED) is 0.625. The van der Waals surface area contributed by atoms with Crippen LogP contribution in [0.5, 0.6) is 0 Å². The highest BCUT2D eigenvalue weighted by Crippen LogP contribution is 2.17. The van der Waals surface area contributed by atoms with E-state index in [1.807, 2.05) is 0 Å². The molecule has 0 aromatic rings. The predicted molar refractivity (Wildman–Crippen MR) is 48.0 cm³/mol. The smallest absolute Gasteiger partial charge is 0.0509 e. The van der Waals surface area contributed by atoms with Gasteiger partial charge in [0.15, 0.2) is 0 Å². The first-order chi connectivity index (χ1) is 5.84. The summed E-state index contributed by atoms with van der Waals surface area (Å²) >= 11 is 0. The Hall–Kier alpha value is -0.120. The Kier molecular flexibility index (Phi) is 4.58. The van der Waals surface area contributed by atoms with E-state index < -0.39 is 0 Å². The molecule has 0 radical (unpaired) electrons. The fourth-order valence-electron chi connectivity index (χ4n) is 1.59. The molecule has 0 saturated carbocycles. The zero-order valence-electron chi connectivity index (χ0n) is 7.79. The van der Waals surface area contributed by atoms with E-state index in [4.69, 9.17) is 15.2 Å². The third-order valence-electron chi connectivity index (χ3n) is 2.46. The van der Waals surface area contributed by atoms with Crippen molar-refractivity contribution in [2.75, 3.05) is 26.9 Å². The third-order valence-corrected chi connectivity index (χ3v) is 2.46. The van der Waals surface area contributed by atoms with Crippen molar-refractivity contribution in [3.63, 3.8) is 0 Å². The molecule has 1 rings (SSSR count). The SMILES string of the molecule is COCCCC(N)C1CCOC1. The van der Waals surface area contributed by atoms with E-state index in [1.54, 1.807) is 7.11 Å². The molecule has 0 aliphatic carbocycles. The van der Waals surface area contributed by atoms with Crippen molar-refractivity contribution in [3.05, 3.63) is 0 Å². The largest absolute Gasteiger partial charge is 0.385 e. The second-order valence-corrected chi connectivity index (χ2v) is 3.42. The molecule has 2 N–H and O–H groups in total. The van der Waals surface area contributed by atoms with Gasteiger partial charge in [0, 0.05) is 26.4 Å². The molecule has 3 heteroatoms. The van der Waals surface area contributed by atoms with Crippen LogP contribution in [0.2, 0.25) is 0 Å². The minimum atomic E-state index is 0.308. The van der Waals surface area contributed by atoms with E-state index in [-0.39, 0.29) is 0 Å². The molecule has 0 aromatic carbocycles. The number of hydrogen-bond acceptors (Lipinski definition) is 3. The van der Waals surface area contributed by atoms with Gasteiger partial charge in [-0.05, 0) is 25.2 Å².